The molecule has 0 bridgehead atoms. The standard InChI is InChI=1S/C34H34O13/c1-39-22-8-16(9-23(40-2)27(22)35)25-17-10-20-21(44-14-43-20)11-18(17)30(19-12-41-32(38)26(19)25)46-34-29(37)28(36)31-24(45-34)13-42-33(47-31)15-6-4-3-5-7-15/h3-11,19,24-26,28-31,33-37H,12-14H2,1-2H3/t19?,24-,25-,26?,28-,29-,30-,31+,33?,34+/m1/s1. The fourth-order valence-electron chi connectivity index (χ4n) is 7.39. The van der Waals surface area contributed by atoms with E-state index in [1.165, 1.54) is 14.2 Å². The molecule has 47 heavy (non-hydrogen) atoms. The van der Waals surface area contributed by atoms with E-state index in [1.807, 2.05) is 36.4 Å². The van der Waals surface area contributed by atoms with Crippen LogP contribution in [0.2, 0.25) is 0 Å². The van der Waals surface area contributed by atoms with Crippen LogP contribution in [-0.4, -0.2) is 86.2 Å². The molecule has 1 aliphatic carbocycles. The van der Waals surface area contributed by atoms with Gasteiger partial charge in [0.2, 0.25) is 12.5 Å². The monoisotopic (exact) mass is 650 g/mol. The quantitative estimate of drug-likeness (QED) is 0.335. The summed E-state index contributed by atoms with van der Waals surface area (Å²) in [5.41, 5.74) is 2.77. The van der Waals surface area contributed by atoms with Gasteiger partial charge in [0.25, 0.3) is 0 Å². The molecule has 3 saturated heterocycles. The molecule has 13 nitrogen and oxygen atoms in total. The maximum atomic E-state index is 13.5. The van der Waals surface area contributed by atoms with E-state index < -0.39 is 66.8 Å². The highest BCUT2D eigenvalue weighted by atomic mass is 16.8. The average molecular weight is 651 g/mol. The highest BCUT2D eigenvalue weighted by Gasteiger charge is 2.56. The third-order valence-corrected chi connectivity index (χ3v) is 9.67. The van der Waals surface area contributed by atoms with Gasteiger partial charge in [-0.15, -0.1) is 0 Å². The maximum Gasteiger partial charge on any atom is 0.310 e. The molecule has 4 heterocycles. The summed E-state index contributed by atoms with van der Waals surface area (Å²) >= 11 is 0. The second kappa shape index (κ2) is 11.8. The predicted molar refractivity (Wildman–Crippen MR) is 158 cm³/mol. The zero-order chi connectivity index (χ0) is 32.4. The lowest BCUT2D eigenvalue weighted by atomic mass is 9.66. The Morgan fingerprint density at radius 3 is 2.21 bits per heavy atom. The second-order valence-electron chi connectivity index (χ2n) is 12.2. The molecule has 8 rings (SSSR count). The number of hydrogen-bond acceptors (Lipinski definition) is 13. The van der Waals surface area contributed by atoms with Crippen LogP contribution < -0.4 is 18.9 Å². The first kappa shape index (κ1) is 30.2. The molecule has 3 unspecified atom stereocenters. The Balaban J connectivity index is 1.15. The van der Waals surface area contributed by atoms with Crippen LogP contribution >= 0.6 is 0 Å². The zero-order valence-corrected chi connectivity index (χ0v) is 25.5. The Bertz CT molecular complexity index is 1640. The highest BCUT2D eigenvalue weighted by Crippen LogP contribution is 2.57. The molecule has 0 saturated carbocycles. The number of aliphatic hydroxyl groups excluding tert-OH is 2. The van der Waals surface area contributed by atoms with E-state index in [0.29, 0.717) is 28.2 Å². The van der Waals surface area contributed by atoms with Gasteiger partial charge in [0, 0.05) is 17.4 Å². The average Bonchev–Trinajstić information content (AvgIpc) is 3.72. The van der Waals surface area contributed by atoms with Crippen molar-refractivity contribution in [2.75, 3.05) is 34.2 Å². The van der Waals surface area contributed by atoms with E-state index in [1.54, 1.807) is 18.2 Å². The molecule has 4 aliphatic heterocycles. The van der Waals surface area contributed by atoms with Crippen LogP contribution in [0.25, 0.3) is 0 Å². The smallest absolute Gasteiger partial charge is 0.310 e. The SMILES string of the molecule is COc1cc([C@@H]2c3cc4c(cc3[C@@H](O[C@@H]3O[C@@H]5COC(c6ccccc6)O[C@@H]5[C@H](O)[C@H]3O)C3COC(=O)C32)OCO4)cc(OC)c1O. The molecule has 5 aliphatic rings. The molecule has 0 radical (unpaired) electrons. The first-order valence-corrected chi connectivity index (χ1v) is 15.4. The number of fused-ring (bicyclic) bond motifs is 4. The fraction of sp³-hybridized carbons (Fsp3) is 0.441. The molecule has 0 spiro atoms. The third-order valence-electron chi connectivity index (χ3n) is 9.67. The molecular formula is C34H34O13. The number of carbonyl (C=O) groups is 1. The Labute approximate surface area is 269 Å². The number of phenols is 1. The Hall–Kier alpha value is -4.11. The Kier molecular flexibility index (Phi) is 7.62. The Morgan fingerprint density at radius 2 is 1.51 bits per heavy atom. The number of benzene rings is 3. The molecule has 3 N–H and O–H groups in total. The minimum atomic E-state index is -1.48. The van der Waals surface area contributed by atoms with Gasteiger partial charge in [-0.3, -0.25) is 4.79 Å². The Morgan fingerprint density at radius 1 is 0.809 bits per heavy atom. The first-order chi connectivity index (χ1) is 22.9. The minimum absolute atomic E-state index is 0.0217. The van der Waals surface area contributed by atoms with Crippen LogP contribution in [0.5, 0.6) is 28.7 Å². The van der Waals surface area contributed by atoms with E-state index >= 15 is 0 Å². The van der Waals surface area contributed by atoms with Gasteiger partial charge >= 0.3 is 5.97 Å². The van der Waals surface area contributed by atoms with Crippen molar-refractivity contribution in [2.24, 2.45) is 11.8 Å². The highest BCUT2D eigenvalue weighted by molar-refractivity contribution is 5.79. The van der Waals surface area contributed by atoms with Crippen LogP contribution in [0.1, 0.15) is 40.6 Å². The van der Waals surface area contributed by atoms with Crippen LogP contribution in [0.4, 0.5) is 0 Å². The molecule has 3 fully saturated rings. The van der Waals surface area contributed by atoms with Gasteiger partial charge in [0.1, 0.15) is 24.4 Å². The number of aliphatic hydroxyl groups is 2. The molecule has 3 aromatic rings. The van der Waals surface area contributed by atoms with Gasteiger partial charge in [-0.1, -0.05) is 30.3 Å². The van der Waals surface area contributed by atoms with Crippen LogP contribution in [0.15, 0.2) is 54.6 Å². The van der Waals surface area contributed by atoms with E-state index in [4.69, 9.17) is 42.6 Å². The van der Waals surface area contributed by atoms with Gasteiger partial charge in [0.15, 0.2) is 35.6 Å². The topological polar surface area (TPSA) is 161 Å². The fourth-order valence-corrected chi connectivity index (χ4v) is 7.39. The van der Waals surface area contributed by atoms with Gasteiger partial charge in [-0.25, -0.2) is 0 Å². The number of carbonyl (C=O) groups excluding carboxylic acids is 1. The van der Waals surface area contributed by atoms with Crippen LogP contribution in [0.3, 0.4) is 0 Å². The number of hydrogen-bond donors (Lipinski definition) is 3. The molecule has 248 valence electrons. The van der Waals surface area contributed by atoms with Crippen molar-refractivity contribution in [1.29, 1.82) is 0 Å². The molecule has 0 aromatic heterocycles. The maximum absolute atomic E-state index is 13.5. The summed E-state index contributed by atoms with van der Waals surface area (Å²) in [6.45, 7) is 0.148. The zero-order valence-electron chi connectivity index (χ0n) is 25.5. The number of aromatic hydroxyl groups is 1. The van der Waals surface area contributed by atoms with Crippen molar-refractivity contribution in [3.8, 4) is 28.7 Å². The van der Waals surface area contributed by atoms with Crippen molar-refractivity contribution >= 4 is 5.97 Å². The van der Waals surface area contributed by atoms with Crippen LogP contribution in [-0.2, 0) is 28.5 Å². The normalized spacial score (nSPS) is 33.7. The largest absolute Gasteiger partial charge is 0.502 e. The predicted octanol–water partition coefficient (Wildman–Crippen LogP) is 2.69. The lowest BCUT2D eigenvalue weighted by Crippen LogP contribution is -2.62. The molecular weight excluding hydrogens is 616 g/mol. The number of ether oxygens (including phenoxy) is 9. The van der Waals surface area contributed by atoms with Gasteiger partial charge < -0.3 is 58.0 Å². The molecule has 0 amide bonds. The van der Waals surface area contributed by atoms with E-state index in [9.17, 15) is 20.1 Å². The van der Waals surface area contributed by atoms with E-state index in [2.05, 4.69) is 0 Å². The van der Waals surface area contributed by atoms with Crippen LogP contribution in [0, 0.1) is 11.8 Å². The summed E-state index contributed by atoms with van der Waals surface area (Å²) in [6, 6.07) is 16.2. The number of phenolic OH excluding ortho intramolecular Hbond substituents is 1. The minimum Gasteiger partial charge on any atom is -0.502 e. The summed E-state index contributed by atoms with van der Waals surface area (Å²) in [5.74, 6) is -1.11. The van der Waals surface area contributed by atoms with Crippen molar-refractivity contribution in [3.05, 3.63) is 76.9 Å². The lowest BCUT2D eigenvalue weighted by Gasteiger charge is -2.48. The summed E-state index contributed by atoms with van der Waals surface area (Å²) < 4.78 is 52.7. The van der Waals surface area contributed by atoms with Crippen molar-refractivity contribution in [2.45, 2.75) is 49.0 Å². The third kappa shape index (κ3) is 4.96. The summed E-state index contributed by atoms with van der Waals surface area (Å²) in [4.78, 5) is 13.5. The number of cyclic esters (lactones) is 1. The summed E-state index contributed by atoms with van der Waals surface area (Å²) in [5, 5.41) is 33.2. The van der Waals surface area contributed by atoms with Crippen molar-refractivity contribution in [1.82, 2.24) is 0 Å². The number of rotatable bonds is 6. The number of methoxy groups -OCH3 is 2. The van der Waals surface area contributed by atoms with E-state index in [-0.39, 0.29) is 37.3 Å². The molecule has 10 atom stereocenters. The van der Waals surface area contributed by atoms with E-state index in [0.717, 1.165) is 5.56 Å². The molecule has 13 heteroatoms. The summed E-state index contributed by atoms with van der Waals surface area (Å²) in [7, 11) is 2.86. The number of esters is 1. The lowest BCUT2D eigenvalue weighted by molar-refractivity contribution is -0.369. The van der Waals surface area contributed by atoms with Gasteiger partial charge in [-0.2, -0.15) is 0 Å². The van der Waals surface area contributed by atoms with Crippen molar-refractivity contribution < 1.29 is 62.7 Å². The van der Waals surface area contributed by atoms with Gasteiger partial charge in [0.05, 0.1) is 39.5 Å². The second-order valence-corrected chi connectivity index (χ2v) is 12.2. The molecule has 3 aromatic carbocycles. The van der Waals surface area contributed by atoms with Gasteiger partial charge in [-0.05, 0) is 41.0 Å². The first-order valence-electron chi connectivity index (χ1n) is 15.4. The summed E-state index contributed by atoms with van der Waals surface area (Å²) in [6.07, 6.45) is -7.29. The van der Waals surface area contributed by atoms with Crippen molar-refractivity contribution in [3.63, 3.8) is 0 Å².